The van der Waals surface area contributed by atoms with E-state index in [4.69, 9.17) is 0 Å². The molecular formula is C10H19N2S+. The van der Waals surface area contributed by atoms with Gasteiger partial charge in [0.15, 0.2) is 0 Å². The number of imidazole rings is 1. The Morgan fingerprint density at radius 1 is 1.38 bits per heavy atom. The van der Waals surface area contributed by atoms with Crippen LogP contribution in [0.3, 0.4) is 0 Å². The van der Waals surface area contributed by atoms with Crippen molar-refractivity contribution in [3.63, 3.8) is 0 Å². The topological polar surface area (TPSA) is 19.7 Å². The van der Waals surface area contributed by atoms with E-state index in [1.807, 2.05) is 18.0 Å². The molecule has 0 atom stereocenters. The molecule has 0 unspecified atom stereocenters. The number of nitrogens with zero attached hydrogens (tertiary/aromatic N) is 1. The molecule has 1 N–H and O–H groups in total. The van der Waals surface area contributed by atoms with Crippen LogP contribution in [0.2, 0.25) is 0 Å². The molecule has 0 aliphatic heterocycles. The zero-order valence-electron chi connectivity index (χ0n) is 8.55. The average molecular weight is 199 g/mol. The maximum Gasteiger partial charge on any atom is 0.254 e. The minimum atomic E-state index is 1.09. The van der Waals surface area contributed by atoms with Gasteiger partial charge in [0.05, 0.1) is 0 Å². The van der Waals surface area contributed by atoms with Crippen molar-refractivity contribution in [3.8, 4) is 0 Å². The molecule has 1 aromatic heterocycles. The van der Waals surface area contributed by atoms with E-state index in [1.54, 1.807) is 0 Å². The Bertz CT molecular complexity index is 233. The van der Waals surface area contributed by atoms with Crippen LogP contribution in [-0.4, -0.2) is 10.7 Å². The van der Waals surface area contributed by atoms with E-state index in [-0.39, 0.29) is 0 Å². The van der Waals surface area contributed by atoms with Gasteiger partial charge in [0, 0.05) is 6.42 Å². The molecule has 0 aliphatic rings. The zero-order valence-corrected chi connectivity index (χ0v) is 9.36. The summed E-state index contributed by atoms with van der Waals surface area (Å²) in [6.45, 7) is 4.44. The number of thioether (sulfide) groups is 1. The van der Waals surface area contributed by atoms with Crippen molar-refractivity contribution in [1.82, 2.24) is 4.98 Å². The first-order valence-corrected chi connectivity index (χ1v) is 6.17. The predicted octanol–water partition coefficient (Wildman–Crippen LogP) is 2.36. The standard InChI is InChI=1S/C10H18N2S/c1-3-5-10-11-6-7-12(10)9-13-8-4-2/h6-7H,3-5,8-9H2,1-2H3/p+1. The first kappa shape index (κ1) is 10.6. The Balaban J connectivity index is 2.40. The molecule has 2 nitrogen and oxygen atoms in total. The Morgan fingerprint density at radius 2 is 2.23 bits per heavy atom. The van der Waals surface area contributed by atoms with Crippen molar-refractivity contribution in [2.45, 2.75) is 39.0 Å². The van der Waals surface area contributed by atoms with Crippen LogP contribution < -0.4 is 4.57 Å². The molecular weight excluding hydrogens is 180 g/mol. The molecule has 1 aromatic rings. The van der Waals surface area contributed by atoms with Gasteiger partial charge in [-0.05, 0) is 18.6 Å². The Hall–Kier alpha value is -0.440. The lowest BCUT2D eigenvalue weighted by atomic mass is 10.3. The Kier molecular flexibility index (Phi) is 4.98. The minimum Gasteiger partial charge on any atom is -0.248 e. The maximum absolute atomic E-state index is 3.28. The third-order valence-corrected chi connectivity index (χ3v) is 3.07. The normalized spacial score (nSPS) is 10.6. The van der Waals surface area contributed by atoms with E-state index in [1.165, 1.54) is 24.4 Å². The fraction of sp³-hybridized carbons (Fsp3) is 0.700. The van der Waals surface area contributed by atoms with Crippen LogP contribution >= 0.6 is 11.8 Å². The number of hydrogen-bond donors (Lipinski definition) is 1. The number of aryl methyl sites for hydroxylation is 1. The minimum absolute atomic E-state index is 1.09. The number of hydrogen-bond acceptors (Lipinski definition) is 1. The highest BCUT2D eigenvalue weighted by molar-refractivity contribution is 7.98. The van der Waals surface area contributed by atoms with Crippen LogP contribution in [0.4, 0.5) is 0 Å². The van der Waals surface area contributed by atoms with Crippen LogP contribution in [0.1, 0.15) is 32.5 Å². The number of aromatic nitrogens is 2. The fourth-order valence-electron chi connectivity index (χ4n) is 1.28. The van der Waals surface area contributed by atoms with E-state index in [0.29, 0.717) is 0 Å². The third kappa shape index (κ3) is 3.43. The number of nitrogens with one attached hydrogen (secondary N) is 1. The van der Waals surface area contributed by atoms with Gasteiger partial charge in [0.25, 0.3) is 5.82 Å². The molecule has 0 radical (unpaired) electrons. The Morgan fingerprint density at radius 3 is 2.92 bits per heavy atom. The van der Waals surface area contributed by atoms with Gasteiger partial charge in [-0.2, -0.15) is 0 Å². The summed E-state index contributed by atoms with van der Waals surface area (Å²) in [5.41, 5.74) is 0. The molecule has 13 heavy (non-hydrogen) atoms. The summed E-state index contributed by atoms with van der Waals surface area (Å²) in [7, 11) is 0. The third-order valence-electron chi connectivity index (χ3n) is 1.92. The zero-order chi connectivity index (χ0) is 9.52. The van der Waals surface area contributed by atoms with Gasteiger partial charge in [0.2, 0.25) is 0 Å². The highest BCUT2D eigenvalue weighted by Gasteiger charge is 2.07. The summed E-state index contributed by atoms with van der Waals surface area (Å²) in [4.78, 5) is 3.28. The summed E-state index contributed by atoms with van der Waals surface area (Å²) in [6, 6.07) is 0. The summed E-state index contributed by atoms with van der Waals surface area (Å²) in [6.07, 6.45) is 7.78. The number of aromatic amines is 1. The molecule has 0 amide bonds. The van der Waals surface area contributed by atoms with E-state index in [2.05, 4.69) is 29.6 Å². The van der Waals surface area contributed by atoms with Crippen LogP contribution in [-0.2, 0) is 12.3 Å². The fourth-order valence-corrected chi connectivity index (χ4v) is 2.13. The SMILES string of the molecule is CCCSC[n+]1cc[nH]c1CCC. The van der Waals surface area contributed by atoms with Gasteiger partial charge >= 0.3 is 0 Å². The smallest absolute Gasteiger partial charge is 0.248 e. The predicted molar refractivity (Wildman–Crippen MR) is 57.7 cm³/mol. The average Bonchev–Trinajstić information content (AvgIpc) is 2.54. The maximum atomic E-state index is 3.28. The van der Waals surface area contributed by atoms with Crippen molar-refractivity contribution >= 4 is 11.8 Å². The lowest BCUT2D eigenvalue weighted by Gasteiger charge is -1.98. The first-order valence-electron chi connectivity index (χ1n) is 5.02. The van der Waals surface area contributed by atoms with Crippen molar-refractivity contribution in [3.05, 3.63) is 18.2 Å². The van der Waals surface area contributed by atoms with Crippen molar-refractivity contribution < 1.29 is 4.57 Å². The molecule has 0 spiro atoms. The number of H-pyrrole nitrogens is 1. The molecule has 3 heteroatoms. The quantitative estimate of drug-likeness (QED) is 0.550. The van der Waals surface area contributed by atoms with Gasteiger partial charge in [-0.25, -0.2) is 9.55 Å². The molecule has 74 valence electrons. The van der Waals surface area contributed by atoms with Crippen molar-refractivity contribution in [1.29, 1.82) is 0 Å². The Labute approximate surface area is 84.7 Å². The monoisotopic (exact) mass is 199 g/mol. The van der Waals surface area contributed by atoms with Crippen LogP contribution in [0.5, 0.6) is 0 Å². The largest absolute Gasteiger partial charge is 0.254 e. The molecule has 1 rings (SSSR count). The van der Waals surface area contributed by atoms with Crippen molar-refractivity contribution in [2.75, 3.05) is 5.75 Å². The molecule has 0 bridgehead atoms. The van der Waals surface area contributed by atoms with E-state index < -0.39 is 0 Å². The second kappa shape index (κ2) is 6.08. The van der Waals surface area contributed by atoms with Crippen LogP contribution in [0, 0.1) is 0 Å². The van der Waals surface area contributed by atoms with E-state index in [9.17, 15) is 0 Å². The summed E-state index contributed by atoms with van der Waals surface area (Å²) < 4.78 is 2.31. The van der Waals surface area contributed by atoms with Crippen LogP contribution in [0.15, 0.2) is 12.4 Å². The summed E-state index contributed by atoms with van der Waals surface area (Å²) in [5, 5.41) is 0. The summed E-state index contributed by atoms with van der Waals surface area (Å²) in [5.74, 6) is 3.70. The highest BCUT2D eigenvalue weighted by Crippen LogP contribution is 2.02. The molecule has 0 saturated heterocycles. The van der Waals surface area contributed by atoms with E-state index >= 15 is 0 Å². The second-order valence-electron chi connectivity index (χ2n) is 3.16. The second-order valence-corrected chi connectivity index (χ2v) is 4.24. The number of rotatable bonds is 6. The summed E-state index contributed by atoms with van der Waals surface area (Å²) >= 11 is 1.99. The van der Waals surface area contributed by atoms with Gasteiger partial charge in [-0.3, -0.25) is 0 Å². The van der Waals surface area contributed by atoms with Gasteiger partial charge in [0.1, 0.15) is 18.3 Å². The van der Waals surface area contributed by atoms with E-state index in [0.717, 1.165) is 12.3 Å². The molecule has 0 fully saturated rings. The molecule has 1 heterocycles. The lowest BCUT2D eigenvalue weighted by Crippen LogP contribution is -2.34. The van der Waals surface area contributed by atoms with Gasteiger partial charge < -0.3 is 0 Å². The first-order chi connectivity index (χ1) is 6.38. The van der Waals surface area contributed by atoms with Gasteiger partial charge in [-0.15, -0.1) is 11.8 Å². The molecule has 0 saturated carbocycles. The van der Waals surface area contributed by atoms with Crippen LogP contribution in [0.25, 0.3) is 0 Å². The van der Waals surface area contributed by atoms with Gasteiger partial charge in [-0.1, -0.05) is 13.8 Å². The highest BCUT2D eigenvalue weighted by atomic mass is 32.2. The molecule has 0 aliphatic carbocycles. The molecule has 0 aromatic carbocycles. The lowest BCUT2D eigenvalue weighted by molar-refractivity contribution is -0.682. The van der Waals surface area contributed by atoms with Crippen molar-refractivity contribution in [2.24, 2.45) is 0 Å².